The third kappa shape index (κ3) is 3.68. The molecule has 0 saturated carbocycles. The summed E-state index contributed by atoms with van der Waals surface area (Å²) in [5.74, 6) is -2.39. The van der Waals surface area contributed by atoms with Crippen molar-refractivity contribution in [2.45, 2.75) is 12.2 Å². The molecular weight excluding hydrogens is 344 g/mol. The monoisotopic (exact) mass is 368 g/mol. The third-order valence-corrected chi connectivity index (χ3v) is 5.63. The van der Waals surface area contributed by atoms with Crippen LogP contribution in [0.5, 0.6) is 0 Å². The van der Waals surface area contributed by atoms with Crippen molar-refractivity contribution < 1.29 is 19.4 Å². The molecule has 1 amide bonds. The zero-order chi connectivity index (χ0) is 18.8. The Kier molecular flexibility index (Phi) is 5.09. The molecule has 6 nitrogen and oxygen atoms in total. The summed E-state index contributed by atoms with van der Waals surface area (Å²) < 4.78 is 5.63. The summed E-state index contributed by atoms with van der Waals surface area (Å²) in [5, 5.41) is 9.49. The molecule has 1 aromatic carbocycles. The van der Waals surface area contributed by atoms with Crippen LogP contribution in [0.1, 0.15) is 5.56 Å². The molecule has 6 heteroatoms. The summed E-state index contributed by atoms with van der Waals surface area (Å²) in [7, 11) is 0. The Bertz CT molecular complexity index is 753. The molecule has 2 fully saturated rings. The van der Waals surface area contributed by atoms with Crippen LogP contribution < -0.4 is 0 Å². The Morgan fingerprint density at radius 1 is 1.04 bits per heavy atom. The van der Waals surface area contributed by atoms with Crippen molar-refractivity contribution in [2.24, 2.45) is 11.8 Å². The number of fused-ring (bicyclic) bond motifs is 2. The maximum atomic E-state index is 12.9. The van der Waals surface area contributed by atoms with Gasteiger partial charge in [0.25, 0.3) is 0 Å². The number of ether oxygens (including phenoxy) is 1. The van der Waals surface area contributed by atoms with Crippen LogP contribution in [-0.2, 0) is 14.3 Å². The van der Waals surface area contributed by atoms with Gasteiger partial charge in [-0.1, -0.05) is 54.6 Å². The smallest absolute Gasteiger partial charge is 0.310 e. The molecular formula is C21H24N2O4. The van der Waals surface area contributed by atoms with Gasteiger partial charge < -0.3 is 14.7 Å². The molecule has 4 rings (SSSR count). The van der Waals surface area contributed by atoms with Crippen LogP contribution in [0.3, 0.4) is 0 Å². The lowest BCUT2D eigenvalue weighted by Gasteiger charge is -2.36. The lowest BCUT2D eigenvalue weighted by Crippen LogP contribution is -2.52. The number of aliphatic carboxylic acids is 1. The average molecular weight is 368 g/mol. The molecule has 3 aliphatic rings. The van der Waals surface area contributed by atoms with Crippen molar-refractivity contribution >= 4 is 18.0 Å². The van der Waals surface area contributed by atoms with Gasteiger partial charge in [0.2, 0.25) is 5.91 Å². The normalized spacial score (nSPS) is 30.3. The molecule has 0 aromatic heterocycles. The fraction of sp³-hybridized carbons (Fsp3) is 0.429. The summed E-state index contributed by atoms with van der Waals surface area (Å²) in [6, 6.07) is 10.2. The van der Waals surface area contributed by atoms with E-state index in [1.54, 1.807) is 11.0 Å². The van der Waals surface area contributed by atoms with Gasteiger partial charge in [0.1, 0.15) is 5.92 Å². The third-order valence-electron chi connectivity index (χ3n) is 5.63. The van der Waals surface area contributed by atoms with E-state index >= 15 is 0 Å². The molecule has 0 radical (unpaired) electrons. The Morgan fingerprint density at radius 2 is 1.70 bits per heavy atom. The van der Waals surface area contributed by atoms with Crippen LogP contribution in [0.2, 0.25) is 0 Å². The van der Waals surface area contributed by atoms with Gasteiger partial charge in [0.05, 0.1) is 18.1 Å². The van der Waals surface area contributed by atoms with Gasteiger partial charge in [-0.15, -0.1) is 0 Å². The first-order chi connectivity index (χ1) is 13.1. The molecule has 3 aliphatic heterocycles. The van der Waals surface area contributed by atoms with E-state index in [2.05, 4.69) is 29.2 Å². The molecule has 1 N–H and O–H groups in total. The van der Waals surface area contributed by atoms with Crippen LogP contribution >= 0.6 is 0 Å². The van der Waals surface area contributed by atoms with Gasteiger partial charge in [-0.2, -0.15) is 0 Å². The van der Waals surface area contributed by atoms with E-state index in [1.165, 1.54) is 5.56 Å². The zero-order valence-corrected chi connectivity index (χ0v) is 15.1. The average Bonchev–Trinajstić information content (AvgIpc) is 3.30. The molecule has 1 aromatic rings. The van der Waals surface area contributed by atoms with Crippen LogP contribution in [0.4, 0.5) is 0 Å². The molecule has 142 valence electrons. The van der Waals surface area contributed by atoms with Gasteiger partial charge in [0.15, 0.2) is 0 Å². The van der Waals surface area contributed by atoms with E-state index in [0.29, 0.717) is 13.1 Å². The number of benzene rings is 1. The molecule has 27 heavy (non-hydrogen) atoms. The Balaban J connectivity index is 1.30. The number of piperazine rings is 1. The van der Waals surface area contributed by atoms with E-state index in [0.717, 1.165) is 19.6 Å². The molecule has 3 heterocycles. The lowest BCUT2D eigenvalue weighted by molar-refractivity contribution is -0.150. The first-order valence-corrected chi connectivity index (χ1v) is 9.43. The zero-order valence-electron chi connectivity index (χ0n) is 15.1. The minimum atomic E-state index is -0.949. The first-order valence-electron chi connectivity index (χ1n) is 9.43. The van der Waals surface area contributed by atoms with E-state index in [9.17, 15) is 14.7 Å². The predicted molar refractivity (Wildman–Crippen MR) is 101 cm³/mol. The van der Waals surface area contributed by atoms with Crippen molar-refractivity contribution in [3.05, 3.63) is 54.1 Å². The molecule has 0 aliphatic carbocycles. The fourth-order valence-corrected chi connectivity index (χ4v) is 4.16. The van der Waals surface area contributed by atoms with Gasteiger partial charge in [-0.3, -0.25) is 14.5 Å². The van der Waals surface area contributed by atoms with E-state index in [4.69, 9.17) is 4.74 Å². The first kappa shape index (κ1) is 17.9. The lowest BCUT2D eigenvalue weighted by atomic mass is 9.82. The van der Waals surface area contributed by atoms with E-state index < -0.39 is 30.0 Å². The predicted octanol–water partition coefficient (Wildman–Crippen LogP) is 1.50. The largest absolute Gasteiger partial charge is 0.481 e. The second-order valence-corrected chi connectivity index (χ2v) is 7.28. The van der Waals surface area contributed by atoms with Crippen molar-refractivity contribution in [1.82, 2.24) is 9.80 Å². The highest BCUT2D eigenvalue weighted by atomic mass is 16.5. The second kappa shape index (κ2) is 7.66. The summed E-state index contributed by atoms with van der Waals surface area (Å²) in [5.41, 5.74) is 1.18. The molecule has 0 unspecified atom stereocenters. The number of rotatable bonds is 5. The summed E-state index contributed by atoms with van der Waals surface area (Å²) >= 11 is 0. The second-order valence-electron chi connectivity index (χ2n) is 7.28. The van der Waals surface area contributed by atoms with Crippen LogP contribution in [0.15, 0.2) is 48.6 Å². The number of hydrogen-bond donors (Lipinski definition) is 1. The highest BCUT2D eigenvalue weighted by Crippen LogP contribution is 2.40. The van der Waals surface area contributed by atoms with Crippen molar-refractivity contribution in [1.29, 1.82) is 0 Å². The van der Waals surface area contributed by atoms with E-state index in [-0.39, 0.29) is 5.91 Å². The van der Waals surface area contributed by atoms with Crippen molar-refractivity contribution in [3.63, 3.8) is 0 Å². The summed E-state index contributed by atoms with van der Waals surface area (Å²) in [6.45, 7) is 3.68. The van der Waals surface area contributed by atoms with Crippen LogP contribution in [-0.4, -0.2) is 71.7 Å². The number of carboxylic acids is 1. The maximum Gasteiger partial charge on any atom is 0.310 e. The standard InChI is InChI=1S/C21H24N2O4/c24-20(18-16-8-9-17(27-16)19(18)21(25)26)23-13-11-22(12-14-23)10-4-7-15-5-2-1-3-6-15/h1-9,16-19H,10-14H2,(H,25,26)/b7-4+/t16-,17-,18+,19+/m1/s1. The SMILES string of the molecule is O=C(O)[C@@H]1[C@@H](C(=O)N2CCN(C/C=C/c3ccccc3)CC2)[C@H]2C=C[C@H]1O2. The van der Waals surface area contributed by atoms with Crippen LogP contribution in [0, 0.1) is 11.8 Å². The number of carbonyl (C=O) groups excluding carboxylic acids is 1. The van der Waals surface area contributed by atoms with Gasteiger partial charge in [-0.25, -0.2) is 0 Å². The molecule has 2 saturated heterocycles. The minimum Gasteiger partial charge on any atom is -0.481 e. The topological polar surface area (TPSA) is 70.1 Å². The Morgan fingerprint density at radius 3 is 2.37 bits per heavy atom. The molecule has 2 bridgehead atoms. The quantitative estimate of drug-likeness (QED) is 0.798. The summed E-state index contributed by atoms with van der Waals surface area (Å²) in [6.07, 6.45) is 6.98. The number of nitrogens with zero attached hydrogens (tertiary/aromatic N) is 2. The minimum absolute atomic E-state index is 0.0845. The van der Waals surface area contributed by atoms with Crippen LogP contribution in [0.25, 0.3) is 6.08 Å². The number of carboxylic acid groups (broad SMARTS) is 1. The maximum absolute atomic E-state index is 12.9. The number of carbonyl (C=O) groups is 2. The van der Waals surface area contributed by atoms with Gasteiger partial charge in [-0.05, 0) is 5.56 Å². The van der Waals surface area contributed by atoms with E-state index in [1.807, 2.05) is 24.3 Å². The molecule has 0 spiro atoms. The number of hydrogen-bond acceptors (Lipinski definition) is 4. The van der Waals surface area contributed by atoms with Crippen molar-refractivity contribution in [2.75, 3.05) is 32.7 Å². The summed E-state index contributed by atoms with van der Waals surface area (Å²) in [4.78, 5) is 28.6. The number of amides is 1. The van der Waals surface area contributed by atoms with Crippen molar-refractivity contribution in [3.8, 4) is 0 Å². The molecule has 4 atom stereocenters. The highest BCUT2D eigenvalue weighted by molar-refractivity contribution is 5.87. The van der Waals surface area contributed by atoms with Gasteiger partial charge >= 0.3 is 5.97 Å². The van der Waals surface area contributed by atoms with Gasteiger partial charge in [0, 0.05) is 32.7 Å². The Hall–Kier alpha value is -2.44. The Labute approximate surface area is 158 Å². The fourth-order valence-electron chi connectivity index (χ4n) is 4.16. The highest BCUT2D eigenvalue weighted by Gasteiger charge is 2.54.